The van der Waals surface area contributed by atoms with Crippen LogP contribution >= 0.6 is 0 Å². The highest BCUT2D eigenvalue weighted by Crippen LogP contribution is 2.63. The summed E-state index contributed by atoms with van der Waals surface area (Å²) in [7, 11) is 0. The molecule has 0 bridgehead atoms. The molecule has 0 aliphatic carbocycles. The summed E-state index contributed by atoms with van der Waals surface area (Å²) in [5.74, 6) is -16.7. The molecule has 1 N–H and O–H groups in total. The van der Waals surface area contributed by atoms with Crippen LogP contribution in [0, 0.1) is 10.8 Å². The van der Waals surface area contributed by atoms with Crippen LogP contribution in [-0.4, -0.2) is 156 Å². The SMILES string of the molecule is C=CC(=O)OCCC(F)(F)OC(F)(F)C(CO)(COCC(F)(F)COC(=O)C=C)C(F)(F)OC(F)(F)C(COCC(F)(F)COC(=O)C=C)(C(F)(F)OCC(F)F)C(F)(F)OC(F)(F)CCOC(=O)C=C. The molecular formula is C36H38F20O15. The smallest absolute Gasteiger partial charge is 0.385 e. The normalized spacial score (nSPS) is 15.2. The fraction of sp³-hybridized carbons (Fsp3) is 0.667. The highest BCUT2D eigenvalue weighted by molar-refractivity contribution is 5.82. The molecule has 0 saturated carbocycles. The Bertz CT molecular complexity index is 1820. The topological polar surface area (TPSA) is 181 Å². The van der Waals surface area contributed by atoms with Crippen molar-refractivity contribution in [3.05, 3.63) is 50.6 Å². The largest absolute Gasteiger partial charge is 0.462 e. The molecule has 35 heteroatoms. The van der Waals surface area contributed by atoms with Crippen molar-refractivity contribution in [3.63, 3.8) is 0 Å². The van der Waals surface area contributed by atoms with Gasteiger partial charge in [-0.15, -0.1) is 0 Å². The van der Waals surface area contributed by atoms with Crippen LogP contribution in [0.4, 0.5) is 87.8 Å². The van der Waals surface area contributed by atoms with Crippen molar-refractivity contribution >= 4 is 23.9 Å². The molecule has 2 unspecified atom stereocenters. The van der Waals surface area contributed by atoms with E-state index in [1.165, 1.54) is 0 Å². The van der Waals surface area contributed by atoms with Crippen LogP contribution in [0.5, 0.6) is 0 Å². The first-order valence-corrected chi connectivity index (χ1v) is 18.4. The van der Waals surface area contributed by atoms with Crippen molar-refractivity contribution in [2.24, 2.45) is 10.8 Å². The molecule has 0 aliphatic heterocycles. The van der Waals surface area contributed by atoms with E-state index in [0.717, 1.165) is 0 Å². The lowest BCUT2D eigenvalue weighted by Gasteiger charge is -2.49. The van der Waals surface area contributed by atoms with Gasteiger partial charge in [-0.05, 0) is 0 Å². The summed E-state index contributed by atoms with van der Waals surface area (Å²) in [5.41, 5.74) is -13.7. The Kier molecular flexibility index (Phi) is 23.9. The lowest BCUT2D eigenvalue weighted by molar-refractivity contribution is -0.560. The molecule has 0 spiro atoms. The lowest BCUT2D eigenvalue weighted by Crippen LogP contribution is -2.72. The zero-order valence-electron chi connectivity index (χ0n) is 35.4. The molecule has 0 radical (unpaired) electrons. The number of aliphatic hydroxyl groups is 1. The predicted molar refractivity (Wildman–Crippen MR) is 187 cm³/mol. The van der Waals surface area contributed by atoms with Gasteiger partial charge in [-0.2, -0.15) is 61.5 Å². The monoisotopic (exact) mass is 1090 g/mol. The first-order chi connectivity index (χ1) is 32.1. The van der Waals surface area contributed by atoms with Gasteiger partial charge >= 0.3 is 78.5 Å². The van der Waals surface area contributed by atoms with Crippen molar-refractivity contribution in [1.29, 1.82) is 0 Å². The third-order valence-corrected chi connectivity index (χ3v) is 8.16. The standard InChI is InChI=1S/C36H38F20O15/c1-5-22(58)64-11-9-30(43,44)69-32(47,48)26(14-57,15-62-16-27(39,40)18-66-24(60)7-3)33(49,50)71-36(55,56)29(34(51,52)68-13-21(37)38,20-63-17-28(41,42)19-67-25(61)8-4)35(53,54)70-31(45,46)10-12-65-23(59)6-2/h5-8,21,57H,1-4,9-20H2. The van der Waals surface area contributed by atoms with Gasteiger partial charge in [0.2, 0.25) is 0 Å². The van der Waals surface area contributed by atoms with E-state index in [-0.39, 0.29) is 24.3 Å². The Hall–Kier alpha value is -4.84. The molecule has 0 aromatic heterocycles. The highest BCUT2D eigenvalue weighted by atomic mass is 19.3. The Balaban J connectivity index is 8.38. The second-order valence-electron chi connectivity index (χ2n) is 13.6. The minimum absolute atomic E-state index is 0.151. The second kappa shape index (κ2) is 25.7. The Morgan fingerprint density at radius 2 is 0.789 bits per heavy atom. The maximum Gasteiger partial charge on any atom is 0.385 e. The summed E-state index contributed by atoms with van der Waals surface area (Å²) >= 11 is 0. The summed E-state index contributed by atoms with van der Waals surface area (Å²) in [6.45, 7) is -17.3. The first kappa shape index (κ1) is 66.2. The predicted octanol–water partition coefficient (Wildman–Crippen LogP) is 7.43. The van der Waals surface area contributed by atoms with Crippen molar-refractivity contribution in [1.82, 2.24) is 0 Å². The summed E-state index contributed by atoms with van der Waals surface area (Å²) in [4.78, 5) is 44.8. The number of hydrogen-bond donors (Lipinski definition) is 1. The quantitative estimate of drug-likeness (QED) is 0.0281. The number of esters is 4. The molecule has 2 atom stereocenters. The highest BCUT2D eigenvalue weighted by Gasteiger charge is 2.87. The zero-order chi connectivity index (χ0) is 55.8. The van der Waals surface area contributed by atoms with Crippen molar-refractivity contribution < 1.29 is 159 Å². The van der Waals surface area contributed by atoms with E-state index in [0.29, 0.717) is 0 Å². The van der Waals surface area contributed by atoms with Crippen LogP contribution in [0.3, 0.4) is 0 Å². The van der Waals surface area contributed by atoms with E-state index in [9.17, 15) is 68.2 Å². The molecule has 0 aromatic rings. The number of carbonyl (C=O) groups is 4. The second-order valence-corrected chi connectivity index (χ2v) is 13.6. The average Bonchev–Trinajstić information content (AvgIpc) is 3.22. The van der Waals surface area contributed by atoms with Crippen LogP contribution in [-0.2, 0) is 66.5 Å². The van der Waals surface area contributed by atoms with Crippen LogP contribution < -0.4 is 0 Å². The summed E-state index contributed by atoms with van der Waals surface area (Å²) in [6, 6.07) is 0. The molecule has 71 heavy (non-hydrogen) atoms. The van der Waals surface area contributed by atoms with Gasteiger partial charge in [0.1, 0.15) is 19.8 Å². The molecular weight excluding hydrogens is 1050 g/mol. The lowest BCUT2D eigenvalue weighted by atomic mass is 9.82. The summed E-state index contributed by atoms with van der Waals surface area (Å²) in [5, 5.41) is 9.90. The number of carbonyl (C=O) groups excluding carboxylic acids is 4. The number of halogens is 20. The summed E-state index contributed by atoms with van der Waals surface area (Å²) < 4.78 is 340. The minimum atomic E-state index is -8.08. The van der Waals surface area contributed by atoms with Gasteiger partial charge in [0.15, 0.2) is 18.6 Å². The van der Waals surface area contributed by atoms with Gasteiger partial charge in [-0.1, -0.05) is 26.3 Å². The maximum atomic E-state index is 16.6. The minimum Gasteiger partial charge on any atom is -0.462 e. The molecule has 0 amide bonds. The number of aliphatic hydroxyl groups excluding tert-OH is 1. The van der Waals surface area contributed by atoms with E-state index in [1.807, 2.05) is 0 Å². The van der Waals surface area contributed by atoms with Gasteiger partial charge in [-0.3, -0.25) is 14.2 Å². The molecule has 412 valence electrons. The van der Waals surface area contributed by atoms with E-state index in [1.54, 1.807) is 0 Å². The zero-order valence-corrected chi connectivity index (χ0v) is 35.4. The molecule has 0 aromatic carbocycles. The van der Waals surface area contributed by atoms with Crippen LogP contribution in [0.1, 0.15) is 12.8 Å². The van der Waals surface area contributed by atoms with Gasteiger partial charge in [0, 0.05) is 24.3 Å². The number of rotatable bonds is 37. The van der Waals surface area contributed by atoms with E-state index < -0.39 is 175 Å². The molecule has 0 heterocycles. The van der Waals surface area contributed by atoms with E-state index in [4.69, 9.17) is 0 Å². The van der Waals surface area contributed by atoms with E-state index >= 15 is 43.9 Å². The number of alkyl halides is 20. The number of ether oxygens (including phenoxy) is 10. The molecule has 0 saturated heterocycles. The van der Waals surface area contributed by atoms with Crippen molar-refractivity contribution in [2.75, 3.05) is 66.1 Å². The van der Waals surface area contributed by atoms with Crippen LogP contribution in [0.2, 0.25) is 0 Å². The number of hydrogen-bond acceptors (Lipinski definition) is 15. The molecule has 15 nitrogen and oxygen atoms in total. The van der Waals surface area contributed by atoms with Gasteiger partial charge in [-0.25, -0.2) is 45.5 Å². The molecule has 0 aliphatic rings. The molecule has 0 fully saturated rings. The average molecular weight is 1090 g/mol. The fourth-order valence-electron chi connectivity index (χ4n) is 4.57. The van der Waals surface area contributed by atoms with Crippen LogP contribution in [0.15, 0.2) is 50.6 Å². The Labute approximate surface area is 385 Å². The third-order valence-electron chi connectivity index (χ3n) is 8.16. The van der Waals surface area contributed by atoms with Crippen LogP contribution in [0.25, 0.3) is 0 Å². The van der Waals surface area contributed by atoms with Crippen molar-refractivity contribution in [2.45, 2.75) is 73.9 Å². The van der Waals surface area contributed by atoms with Gasteiger partial charge < -0.3 is 38.3 Å². The fourth-order valence-corrected chi connectivity index (χ4v) is 4.57. The Morgan fingerprint density at radius 1 is 0.451 bits per heavy atom. The maximum absolute atomic E-state index is 16.6. The Morgan fingerprint density at radius 3 is 1.15 bits per heavy atom. The van der Waals surface area contributed by atoms with Gasteiger partial charge in [0.25, 0.3) is 11.8 Å². The summed E-state index contributed by atoms with van der Waals surface area (Å²) in [6.07, 6.45) is -58.5. The first-order valence-electron chi connectivity index (χ1n) is 18.4. The van der Waals surface area contributed by atoms with Crippen molar-refractivity contribution in [3.8, 4) is 0 Å². The third kappa shape index (κ3) is 18.9. The van der Waals surface area contributed by atoms with E-state index in [2.05, 4.69) is 73.7 Å². The van der Waals surface area contributed by atoms with Gasteiger partial charge in [0.05, 0.1) is 45.9 Å². The molecule has 0 rings (SSSR count).